The fourth-order valence-electron chi connectivity index (χ4n) is 4.73. The minimum atomic E-state index is -1.34. The highest BCUT2D eigenvalue weighted by molar-refractivity contribution is 9.10. The molecular formula is C27H23BrClFN6O3. The standard InChI is InChI=1S/C27H23BrClFN6O3/c1-14(37)27-19-7-16(17-10-31-15(2)32-11-17)3-5-22(19)36(34-27)13-26(39)35-12-18(30)8-23(35)24(38)9-21-20(29)4-6-25(28)33-21/h3-7,10-11,18,23H,8-9,12-13H2,1-2H3/t18-,23+/m1/s1. The van der Waals surface area contributed by atoms with E-state index in [1.807, 2.05) is 12.1 Å². The number of Topliss-reactive ketones (excluding diaryl/α,β-unsaturated/α-hetero) is 2. The number of alkyl halides is 1. The Balaban J connectivity index is 1.41. The van der Waals surface area contributed by atoms with Crippen molar-refractivity contribution in [1.29, 1.82) is 0 Å². The summed E-state index contributed by atoms with van der Waals surface area (Å²) >= 11 is 9.44. The van der Waals surface area contributed by atoms with Crippen molar-refractivity contribution in [3.63, 3.8) is 0 Å². The highest BCUT2D eigenvalue weighted by Crippen LogP contribution is 2.28. The summed E-state index contributed by atoms with van der Waals surface area (Å²) in [4.78, 5) is 52.9. The molecule has 12 heteroatoms. The average molecular weight is 614 g/mol. The van der Waals surface area contributed by atoms with Crippen LogP contribution in [0.4, 0.5) is 4.39 Å². The number of likely N-dealkylation sites (tertiary alicyclic amines) is 1. The molecule has 0 spiro atoms. The molecule has 39 heavy (non-hydrogen) atoms. The smallest absolute Gasteiger partial charge is 0.245 e. The molecule has 1 amide bonds. The molecule has 0 saturated carbocycles. The first-order valence-electron chi connectivity index (χ1n) is 12.2. The molecule has 4 heterocycles. The first-order chi connectivity index (χ1) is 18.6. The summed E-state index contributed by atoms with van der Waals surface area (Å²) in [6.45, 7) is 2.73. The monoisotopic (exact) mass is 612 g/mol. The number of aromatic nitrogens is 5. The molecule has 9 nitrogen and oxygen atoms in total. The van der Waals surface area contributed by atoms with Gasteiger partial charge in [-0.1, -0.05) is 17.7 Å². The second-order valence-corrected chi connectivity index (χ2v) is 10.6. The first kappa shape index (κ1) is 27.0. The summed E-state index contributed by atoms with van der Waals surface area (Å²) < 4.78 is 16.4. The molecule has 0 unspecified atom stereocenters. The normalized spacial score (nSPS) is 17.1. The van der Waals surface area contributed by atoms with Crippen LogP contribution in [0, 0.1) is 6.92 Å². The van der Waals surface area contributed by atoms with Gasteiger partial charge in [0.2, 0.25) is 5.91 Å². The molecule has 1 fully saturated rings. The van der Waals surface area contributed by atoms with Crippen LogP contribution in [-0.4, -0.2) is 65.9 Å². The number of aryl methyl sites for hydroxylation is 1. The fourth-order valence-corrected chi connectivity index (χ4v) is 5.25. The highest BCUT2D eigenvalue weighted by atomic mass is 79.9. The van der Waals surface area contributed by atoms with Gasteiger partial charge in [0, 0.05) is 36.7 Å². The van der Waals surface area contributed by atoms with E-state index in [9.17, 15) is 18.8 Å². The van der Waals surface area contributed by atoms with Gasteiger partial charge in [0.1, 0.15) is 28.8 Å². The lowest BCUT2D eigenvalue weighted by atomic mass is 10.0. The van der Waals surface area contributed by atoms with Gasteiger partial charge in [0.15, 0.2) is 11.6 Å². The van der Waals surface area contributed by atoms with E-state index < -0.39 is 18.1 Å². The van der Waals surface area contributed by atoms with Gasteiger partial charge in [0.25, 0.3) is 0 Å². The lowest BCUT2D eigenvalue weighted by Gasteiger charge is -2.23. The van der Waals surface area contributed by atoms with Crippen LogP contribution in [0.3, 0.4) is 0 Å². The number of halogens is 3. The predicted octanol–water partition coefficient (Wildman–Crippen LogP) is 4.57. The van der Waals surface area contributed by atoms with Gasteiger partial charge < -0.3 is 4.90 Å². The Bertz CT molecular complexity index is 1610. The number of amides is 1. The van der Waals surface area contributed by atoms with Crippen molar-refractivity contribution >= 4 is 55.9 Å². The van der Waals surface area contributed by atoms with Gasteiger partial charge in [-0.2, -0.15) is 5.10 Å². The molecule has 1 saturated heterocycles. The minimum Gasteiger partial charge on any atom is -0.328 e. The van der Waals surface area contributed by atoms with Crippen molar-refractivity contribution in [2.45, 2.75) is 45.4 Å². The van der Waals surface area contributed by atoms with E-state index in [1.165, 1.54) is 16.5 Å². The van der Waals surface area contributed by atoms with Crippen molar-refractivity contribution in [3.8, 4) is 11.1 Å². The maximum absolute atomic E-state index is 14.5. The zero-order valence-electron chi connectivity index (χ0n) is 21.1. The zero-order valence-corrected chi connectivity index (χ0v) is 23.4. The predicted molar refractivity (Wildman–Crippen MR) is 146 cm³/mol. The Morgan fingerprint density at radius 1 is 1.13 bits per heavy atom. The number of fused-ring (bicyclic) bond motifs is 1. The molecule has 0 N–H and O–H groups in total. The number of carbonyl (C=O) groups is 3. The summed E-state index contributed by atoms with van der Waals surface area (Å²) in [6.07, 6.45) is 1.82. The Labute approximate surface area is 236 Å². The molecule has 200 valence electrons. The molecule has 1 aromatic carbocycles. The summed E-state index contributed by atoms with van der Waals surface area (Å²) in [7, 11) is 0. The summed E-state index contributed by atoms with van der Waals surface area (Å²) in [5.41, 5.74) is 2.69. The quantitative estimate of drug-likeness (QED) is 0.222. The zero-order chi connectivity index (χ0) is 27.8. The van der Waals surface area contributed by atoms with E-state index in [0.29, 0.717) is 32.0 Å². The molecule has 2 atom stereocenters. The van der Waals surface area contributed by atoms with E-state index in [1.54, 1.807) is 37.5 Å². The van der Waals surface area contributed by atoms with Gasteiger partial charge >= 0.3 is 0 Å². The lowest BCUT2D eigenvalue weighted by molar-refractivity contribution is -0.138. The van der Waals surface area contributed by atoms with Gasteiger partial charge in [0.05, 0.1) is 35.2 Å². The van der Waals surface area contributed by atoms with Crippen LogP contribution < -0.4 is 0 Å². The molecule has 1 aliphatic rings. The van der Waals surface area contributed by atoms with E-state index in [-0.39, 0.29) is 43.2 Å². The maximum atomic E-state index is 14.5. The number of hydrogen-bond donors (Lipinski definition) is 0. The third-order valence-corrected chi connectivity index (χ3v) is 7.44. The molecule has 1 aliphatic heterocycles. The van der Waals surface area contributed by atoms with E-state index in [4.69, 9.17) is 11.6 Å². The van der Waals surface area contributed by atoms with Crippen LogP contribution in [0.2, 0.25) is 5.02 Å². The average Bonchev–Trinajstić information content (AvgIpc) is 3.47. The number of benzene rings is 1. The lowest BCUT2D eigenvalue weighted by Crippen LogP contribution is -2.43. The van der Waals surface area contributed by atoms with E-state index >= 15 is 0 Å². The highest BCUT2D eigenvalue weighted by Gasteiger charge is 2.40. The van der Waals surface area contributed by atoms with Gasteiger partial charge in [-0.3, -0.25) is 19.1 Å². The minimum absolute atomic E-state index is 0.100. The van der Waals surface area contributed by atoms with E-state index in [2.05, 4.69) is 36.0 Å². The molecule has 3 aromatic heterocycles. The molecule has 0 bridgehead atoms. The van der Waals surface area contributed by atoms with Crippen LogP contribution >= 0.6 is 27.5 Å². The molecular weight excluding hydrogens is 591 g/mol. The Kier molecular flexibility index (Phi) is 7.55. The van der Waals surface area contributed by atoms with Crippen LogP contribution in [0.15, 0.2) is 47.3 Å². The number of rotatable bonds is 7. The molecule has 0 radical (unpaired) electrons. The largest absolute Gasteiger partial charge is 0.328 e. The van der Waals surface area contributed by atoms with Crippen molar-refractivity contribution in [2.75, 3.05) is 6.54 Å². The summed E-state index contributed by atoms with van der Waals surface area (Å²) in [5.74, 6) is -0.450. The molecule has 5 rings (SSSR count). The van der Waals surface area contributed by atoms with Crippen molar-refractivity contribution in [3.05, 3.63) is 69.6 Å². The SMILES string of the molecule is CC(=O)c1nn(CC(=O)N2C[C@H](F)C[C@H]2C(=O)Cc2nc(Br)ccc2Cl)c2ccc(-c3cnc(C)nc3)cc12. The molecule has 0 aliphatic carbocycles. The number of hydrogen-bond acceptors (Lipinski definition) is 7. The van der Waals surface area contributed by atoms with Crippen LogP contribution in [0.1, 0.15) is 35.4 Å². The molecule has 4 aromatic rings. The van der Waals surface area contributed by atoms with E-state index in [0.717, 1.165) is 11.1 Å². The first-order valence-corrected chi connectivity index (χ1v) is 13.4. The Morgan fingerprint density at radius 3 is 2.59 bits per heavy atom. The van der Waals surface area contributed by atoms with Crippen molar-refractivity contribution in [2.24, 2.45) is 0 Å². The number of nitrogens with zero attached hydrogens (tertiary/aromatic N) is 6. The summed E-state index contributed by atoms with van der Waals surface area (Å²) in [5, 5.41) is 5.29. The van der Waals surface area contributed by atoms with Gasteiger partial charge in [-0.05, 0) is 52.7 Å². The van der Waals surface area contributed by atoms with Crippen LogP contribution in [-0.2, 0) is 22.6 Å². The number of carbonyl (C=O) groups excluding carboxylic acids is 3. The maximum Gasteiger partial charge on any atom is 0.245 e. The van der Waals surface area contributed by atoms with Crippen molar-refractivity contribution < 1.29 is 18.8 Å². The number of pyridine rings is 1. The Hall–Kier alpha value is -3.57. The summed E-state index contributed by atoms with van der Waals surface area (Å²) in [6, 6.07) is 7.72. The van der Waals surface area contributed by atoms with Gasteiger partial charge in [-0.25, -0.2) is 19.3 Å². The van der Waals surface area contributed by atoms with Crippen molar-refractivity contribution in [1.82, 2.24) is 29.6 Å². The van der Waals surface area contributed by atoms with Crippen LogP contribution in [0.25, 0.3) is 22.0 Å². The van der Waals surface area contributed by atoms with Gasteiger partial charge in [-0.15, -0.1) is 0 Å². The third kappa shape index (κ3) is 5.60. The Morgan fingerprint density at radius 2 is 1.87 bits per heavy atom. The number of ketones is 2. The van der Waals surface area contributed by atoms with Crippen LogP contribution in [0.5, 0.6) is 0 Å². The third-order valence-electron chi connectivity index (χ3n) is 6.65. The second kappa shape index (κ2) is 10.9. The second-order valence-electron chi connectivity index (χ2n) is 9.41. The topological polar surface area (TPSA) is 111 Å². The fraction of sp³-hybridized carbons (Fsp3) is 0.296.